The van der Waals surface area contributed by atoms with Crippen molar-refractivity contribution in [3.05, 3.63) is 28.3 Å². The smallest absolute Gasteiger partial charge is 0.224 e. The van der Waals surface area contributed by atoms with Gasteiger partial charge < -0.3 is 15.8 Å². The average molecular weight is 374 g/mol. The molecule has 5 nitrogen and oxygen atoms in total. The highest BCUT2D eigenvalue weighted by atomic mass is 35.5. The summed E-state index contributed by atoms with van der Waals surface area (Å²) in [6.07, 6.45) is 2.90. The highest BCUT2D eigenvalue weighted by molar-refractivity contribution is 6.30. The molecule has 7 heteroatoms. The summed E-state index contributed by atoms with van der Waals surface area (Å²) in [4.78, 5) is 14.5. The Hall–Kier alpha value is -1.01. The van der Waals surface area contributed by atoms with Crippen molar-refractivity contribution >= 4 is 29.9 Å². The molecule has 3 N–H and O–H groups in total. The van der Waals surface area contributed by atoms with Gasteiger partial charge in [-0.05, 0) is 37.1 Å². The summed E-state index contributed by atoms with van der Waals surface area (Å²) in [5.41, 5.74) is 7.78. The number of carbonyl (C=O) groups is 1. The molecule has 1 atom stereocenters. The van der Waals surface area contributed by atoms with Crippen LogP contribution >= 0.6 is 24.0 Å². The van der Waals surface area contributed by atoms with Crippen LogP contribution in [0.5, 0.6) is 5.75 Å². The number of benzene rings is 1. The lowest BCUT2D eigenvalue weighted by Gasteiger charge is -2.32. The number of ether oxygens (including phenoxy) is 1. The van der Waals surface area contributed by atoms with Crippen molar-refractivity contribution in [1.82, 2.24) is 10.2 Å². The normalized spacial score (nSPS) is 20.0. The largest absolute Gasteiger partial charge is 0.493 e. The molecule has 1 unspecified atom stereocenters. The van der Waals surface area contributed by atoms with Crippen LogP contribution in [0.25, 0.3) is 0 Å². The number of carbonyl (C=O) groups excluding carboxylic acids is 1. The van der Waals surface area contributed by atoms with Crippen molar-refractivity contribution in [2.24, 2.45) is 11.7 Å². The Morgan fingerprint density at radius 1 is 1.46 bits per heavy atom. The second-order valence-electron chi connectivity index (χ2n) is 6.31. The number of hydrogen-bond donors (Lipinski definition) is 2. The van der Waals surface area contributed by atoms with E-state index in [0.717, 1.165) is 61.8 Å². The lowest BCUT2D eigenvalue weighted by atomic mass is 9.96. The number of fused-ring (bicyclic) bond motifs is 1. The fourth-order valence-electron chi connectivity index (χ4n) is 3.46. The predicted molar refractivity (Wildman–Crippen MR) is 98.0 cm³/mol. The van der Waals surface area contributed by atoms with Crippen molar-refractivity contribution in [1.29, 1.82) is 0 Å². The first-order valence-electron chi connectivity index (χ1n) is 8.31. The summed E-state index contributed by atoms with van der Waals surface area (Å²) in [5, 5.41) is 3.66. The van der Waals surface area contributed by atoms with E-state index in [1.165, 1.54) is 5.56 Å². The van der Waals surface area contributed by atoms with E-state index in [4.69, 9.17) is 22.1 Å². The fourth-order valence-corrected chi connectivity index (χ4v) is 3.72. The van der Waals surface area contributed by atoms with E-state index in [1.807, 2.05) is 12.1 Å². The molecule has 2 aliphatic rings. The third-order valence-corrected chi connectivity index (χ3v) is 4.76. The third kappa shape index (κ3) is 4.54. The molecular weight excluding hydrogens is 349 g/mol. The maximum atomic E-state index is 12.2. The Kier molecular flexibility index (Phi) is 7.16. The molecule has 24 heavy (non-hydrogen) atoms. The van der Waals surface area contributed by atoms with Gasteiger partial charge in [0.1, 0.15) is 5.75 Å². The number of hydrogen-bond acceptors (Lipinski definition) is 4. The number of piperidine rings is 1. The number of nitrogens with two attached hydrogens (primary N) is 1. The quantitative estimate of drug-likeness (QED) is 0.827. The van der Waals surface area contributed by atoms with E-state index in [0.29, 0.717) is 13.1 Å². The summed E-state index contributed by atoms with van der Waals surface area (Å²) in [5.74, 6) is 1.15. The Morgan fingerprint density at radius 3 is 3.08 bits per heavy atom. The second kappa shape index (κ2) is 8.90. The van der Waals surface area contributed by atoms with Crippen LogP contribution in [0.2, 0.25) is 5.02 Å². The van der Waals surface area contributed by atoms with Crippen LogP contribution < -0.4 is 15.8 Å². The summed E-state index contributed by atoms with van der Waals surface area (Å²) in [7, 11) is 0. The average Bonchev–Trinajstić information content (AvgIpc) is 3.01. The summed E-state index contributed by atoms with van der Waals surface area (Å²) in [6, 6.07) is 3.98. The number of likely N-dealkylation sites (tertiary alicyclic amines) is 1. The molecule has 1 saturated heterocycles. The zero-order valence-corrected chi connectivity index (χ0v) is 15.3. The van der Waals surface area contributed by atoms with E-state index in [9.17, 15) is 4.79 Å². The minimum atomic E-state index is 0. The lowest BCUT2D eigenvalue weighted by Crippen LogP contribution is -2.43. The number of amides is 1. The molecule has 134 valence electrons. The predicted octanol–water partition coefficient (Wildman–Crippen LogP) is 1.98. The van der Waals surface area contributed by atoms with Crippen LogP contribution in [0.1, 0.15) is 24.0 Å². The number of nitrogens with zero attached hydrogens (tertiary/aromatic N) is 1. The fraction of sp³-hybridized carbons (Fsp3) is 0.588. The molecular formula is C17H25Cl2N3O2. The Balaban J connectivity index is 0.00000208. The number of rotatable bonds is 5. The van der Waals surface area contributed by atoms with E-state index in [1.54, 1.807) is 0 Å². The van der Waals surface area contributed by atoms with Crippen LogP contribution in [-0.2, 0) is 17.8 Å². The Morgan fingerprint density at radius 2 is 2.29 bits per heavy atom. The van der Waals surface area contributed by atoms with Gasteiger partial charge in [0.15, 0.2) is 0 Å². The van der Waals surface area contributed by atoms with Crippen molar-refractivity contribution in [2.45, 2.75) is 25.8 Å². The van der Waals surface area contributed by atoms with E-state index >= 15 is 0 Å². The Bertz CT molecular complexity index is 583. The van der Waals surface area contributed by atoms with Crippen molar-refractivity contribution in [3.63, 3.8) is 0 Å². The van der Waals surface area contributed by atoms with Gasteiger partial charge in [-0.1, -0.05) is 11.6 Å². The molecule has 1 fully saturated rings. The molecule has 0 aliphatic carbocycles. The van der Waals surface area contributed by atoms with Gasteiger partial charge in [-0.2, -0.15) is 0 Å². The Labute approximate surface area is 154 Å². The monoisotopic (exact) mass is 373 g/mol. The van der Waals surface area contributed by atoms with Crippen molar-refractivity contribution in [2.75, 3.05) is 32.8 Å². The SMILES string of the molecule is Cl.NCCNC(=O)C1CCCN(Cc2cc(Cl)cc3c2OCC3)C1. The molecule has 2 aliphatic heterocycles. The minimum Gasteiger partial charge on any atom is -0.493 e. The number of nitrogens with one attached hydrogen (secondary N) is 1. The molecule has 0 saturated carbocycles. The first-order chi connectivity index (χ1) is 11.2. The standard InChI is InChI=1S/C17H24ClN3O2.ClH/c18-15-8-12-3-7-23-16(12)14(9-15)11-21-6-1-2-13(10-21)17(22)20-5-4-19;/h8-9,13H,1-7,10-11,19H2,(H,20,22);1H. The summed E-state index contributed by atoms with van der Waals surface area (Å²) >= 11 is 6.23. The van der Waals surface area contributed by atoms with Gasteiger partial charge in [0, 0.05) is 43.2 Å². The maximum Gasteiger partial charge on any atom is 0.224 e. The van der Waals surface area contributed by atoms with Gasteiger partial charge >= 0.3 is 0 Å². The first kappa shape index (κ1) is 19.3. The maximum absolute atomic E-state index is 12.2. The molecule has 0 radical (unpaired) electrons. The topological polar surface area (TPSA) is 67.6 Å². The van der Waals surface area contributed by atoms with Gasteiger partial charge in [-0.3, -0.25) is 9.69 Å². The third-order valence-electron chi connectivity index (χ3n) is 4.54. The molecule has 1 aromatic carbocycles. The van der Waals surface area contributed by atoms with Crippen LogP contribution in [0.4, 0.5) is 0 Å². The summed E-state index contributed by atoms with van der Waals surface area (Å²) in [6.45, 7) is 4.31. The van der Waals surface area contributed by atoms with Gasteiger partial charge in [0.05, 0.1) is 12.5 Å². The molecule has 0 aromatic heterocycles. The van der Waals surface area contributed by atoms with Crippen molar-refractivity contribution < 1.29 is 9.53 Å². The molecule has 1 aromatic rings. The molecule has 3 rings (SSSR count). The van der Waals surface area contributed by atoms with E-state index in [-0.39, 0.29) is 24.2 Å². The number of halogens is 2. The zero-order chi connectivity index (χ0) is 16.2. The highest BCUT2D eigenvalue weighted by Gasteiger charge is 2.27. The van der Waals surface area contributed by atoms with Gasteiger partial charge in [-0.15, -0.1) is 12.4 Å². The van der Waals surface area contributed by atoms with Gasteiger partial charge in [0.2, 0.25) is 5.91 Å². The molecule has 1 amide bonds. The first-order valence-corrected chi connectivity index (χ1v) is 8.69. The second-order valence-corrected chi connectivity index (χ2v) is 6.74. The van der Waals surface area contributed by atoms with Crippen molar-refractivity contribution in [3.8, 4) is 5.75 Å². The van der Waals surface area contributed by atoms with Gasteiger partial charge in [-0.25, -0.2) is 0 Å². The molecule has 0 bridgehead atoms. The van der Waals surface area contributed by atoms with Gasteiger partial charge in [0.25, 0.3) is 0 Å². The van der Waals surface area contributed by atoms with E-state index in [2.05, 4.69) is 10.2 Å². The van der Waals surface area contributed by atoms with E-state index < -0.39 is 0 Å². The molecule has 2 heterocycles. The summed E-state index contributed by atoms with van der Waals surface area (Å²) < 4.78 is 5.78. The minimum absolute atomic E-state index is 0. The highest BCUT2D eigenvalue weighted by Crippen LogP contribution is 2.34. The lowest BCUT2D eigenvalue weighted by molar-refractivity contribution is -0.126. The molecule has 0 spiro atoms. The van der Waals surface area contributed by atoms with Crippen LogP contribution in [0, 0.1) is 5.92 Å². The van der Waals surface area contributed by atoms with Crippen LogP contribution in [0.3, 0.4) is 0 Å². The van der Waals surface area contributed by atoms with Crippen LogP contribution in [-0.4, -0.2) is 43.6 Å². The zero-order valence-electron chi connectivity index (χ0n) is 13.7. The van der Waals surface area contributed by atoms with Crippen LogP contribution in [0.15, 0.2) is 12.1 Å².